The molecule has 4 rings (SSSR count). The maximum Gasteiger partial charge on any atom is 0.292 e. The van der Waals surface area contributed by atoms with E-state index < -0.39 is 0 Å². The smallest absolute Gasteiger partial charge is 0.292 e. The zero-order chi connectivity index (χ0) is 20.4. The van der Waals surface area contributed by atoms with Crippen LogP contribution in [0.1, 0.15) is 19.3 Å². The van der Waals surface area contributed by atoms with Gasteiger partial charge in [0.25, 0.3) is 11.8 Å². The molecule has 1 aromatic rings. The van der Waals surface area contributed by atoms with Crippen LogP contribution in [0.25, 0.3) is 0 Å². The Morgan fingerprint density at radius 1 is 1.07 bits per heavy atom. The Hall–Kier alpha value is -2.45. The molecule has 1 aromatic carbocycles. The number of quaternary nitrogens is 2. The number of piperazine rings is 1. The number of carbonyl (C=O) groups excluding carboxylic acids is 3. The zero-order valence-corrected chi connectivity index (χ0v) is 17.0. The monoisotopic (exact) mass is 402 g/mol. The minimum absolute atomic E-state index is 0.142. The maximum absolute atomic E-state index is 13.0. The second kappa shape index (κ2) is 8.51. The largest absolute Gasteiger partial charge is 0.497 e. The number of anilines is 1. The van der Waals surface area contributed by atoms with Crippen LogP contribution in [0, 0.1) is 0 Å². The lowest BCUT2D eigenvalue weighted by Gasteiger charge is -2.34. The fraction of sp³-hybridized carbons (Fsp3) is 0.571. The van der Waals surface area contributed by atoms with E-state index in [1.807, 2.05) is 4.90 Å². The Kier molecular flexibility index (Phi) is 5.82. The fourth-order valence-electron chi connectivity index (χ4n) is 4.72. The van der Waals surface area contributed by atoms with Gasteiger partial charge in [0.2, 0.25) is 5.91 Å². The second-order valence-electron chi connectivity index (χ2n) is 8.20. The van der Waals surface area contributed by atoms with Crippen molar-refractivity contribution in [2.45, 2.75) is 25.3 Å². The highest BCUT2D eigenvalue weighted by atomic mass is 16.5. The number of imide groups is 1. The Morgan fingerprint density at radius 2 is 1.72 bits per heavy atom. The Bertz CT molecular complexity index is 767. The first-order chi connectivity index (χ1) is 14.1. The van der Waals surface area contributed by atoms with Gasteiger partial charge in [-0.1, -0.05) is 0 Å². The normalized spacial score (nSPS) is 23.8. The first kappa shape index (κ1) is 19.8. The van der Waals surface area contributed by atoms with Crippen molar-refractivity contribution in [3.05, 3.63) is 24.3 Å². The molecular weight excluding hydrogens is 372 g/mol. The highest BCUT2D eigenvalue weighted by molar-refractivity contribution is 6.21. The van der Waals surface area contributed by atoms with E-state index in [1.165, 1.54) is 22.6 Å². The molecule has 1 atom stereocenters. The van der Waals surface area contributed by atoms with Gasteiger partial charge in [0.05, 0.1) is 58.5 Å². The molecule has 3 aliphatic heterocycles. The summed E-state index contributed by atoms with van der Waals surface area (Å²) in [4.78, 5) is 43.8. The van der Waals surface area contributed by atoms with Gasteiger partial charge in [-0.15, -0.1) is 0 Å². The predicted octanol–water partition coefficient (Wildman–Crippen LogP) is -2.27. The molecule has 0 unspecified atom stereocenters. The van der Waals surface area contributed by atoms with E-state index in [0.29, 0.717) is 44.2 Å². The number of amides is 3. The third-order valence-electron chi connectivity index (χ3n) is 6.44. The highest BCUT2D eigenvalue weighted by Gasteiger charge is 2.46. The second-order valence-corrected chi connectivity index (χ2v) is 8.20. The molecule has 0 aromatic heterocycles. The topological polar surface area (TPSA) is 75.8 Å². The van der Waals surface area contributed by atoms with E-state index in [4.69, 9.17) is 4.74 Å². The molecule has 0 bridgehead atoms. The molecule has 29 heavy (non-hydrogen) atoms. The summed E-state index contributed by atoms with van der Waals surface area (Å²) in [6.07, 6.45) is 2.65. The minimum Gasteiger partial charge on any atom is -0.497 e. The van der Waals surface area contributed by atoms with Crippen LogP contribution in [-0.2, 0) is 14.4 Å². The van der Waals surface area contributed by atoms with Gasteiger partial charge in [-0.3, -0.25) is 14.4 Å². The summed E-state index contributed by atoms with van der Waals surface area (Å²) in [7, 11) is 1.58. The summed E-state index contributed by atoms with van der Waals surface area (Å²) in [6.45, 7) is 5.50. The van der Waals surface area contributed by atoms with Gasteiger partial charge in [0, 0.05) is 12.8 Å². The van der Waals surface area contributed by atoms with Gasteiger partial charge in [-0.2, -0.15) is 0 Å². The predicted molar refractivity (Wildman–Crippen MR) is 106 cm³/mol. The van der Waals surface area contributed by atoms with E-state index in [-0.39, 0.29) is 30.2 Å². The Balaban J connectivity index is 1.34. The van der Waals surface area contributed by atoms with Crippen molar-refractivity contribution in [3.8, 4) is 5.75 Å². The molecule has 0 aliphatic carbocycles. The maximum atomic E-state index is 13.0. The van der Waals surface area contributed by atoms with Crippen LogP contribution in [0.15, 0.2) is 24.3 Å². The lowest BCUT2D eigenvalue weighted by atomic mass is 10.1. The van der Waals surface area contributed by atoms with Crippen LogP contribution in [0.4, 0.5) is 5.69 Å². The van der Waals surface area contributed by atoms with Crippen molar-refractivity contribution < 1.29 is 28.9 Å². The van der Waals surface area contributed by atoms with Crippen molar-refractivity contribution in [1.29, 1.82) is 0 Å². The first-order valence-corrected chi connectivity index (χ1v) is 10.5. The number of nitrogens with one attached hydrogen (secondary N) is 2. The number of carbonyl (C=O) groups is 3. The van der Waals surface area contributed by atoms with Gasteiger partial charge >= 0.3 is 0 Å². The van der Waals surface area contributed by atoms with Crippen LogP contribution in [-0.4, -0.2) is 81.6 Å². The highest BCUT2D eigenvalue weighted by Crippen LogP contribution is 2.24. The summed E-state index contributed by atoms with van der Waals surface area (Å²) in [6, 6.07) is 6.63. The van der Waals surface area contributed by atoms with Crippen LogP contribution >= 0.6 is 0 Å². The Morgan fingerprint density at radius 3 is 2.34 bits per heavy atom. The molecule has 8 nitrogen and oxygen atoms in total. The van der Waals surface area contributed by atoms with Crippen LogP contribution in [0.5, 0.6) is 5.75 Å². The molecule has 8 heteroatoms. The van der Waals surface area contributed by atoms with Crippen LogP contribution in [0.2, 0.25) is 0 Å². The summed E-state index contributed by atoms with van der Waals surface area (Å²) in [5.41, 5.74) is 0.588. The molecule has 3 aliphatic rings. The molecule has 3 amide bonds. The molecule has 0 radical (unpaired) electrons. The van der Waals surface area contributed by atoms with Gasteiger partial charge in [-0.05, 0) is 24.3 Å². The summed E-state index contributed by atoms with van der Waals surface area (Å²) in [5, 5.41) is 0. The lowest BCUT2D eigenvalue weighted by Crippen LogP contribution is -3.19. The molecule has 3 fully saturated rings. The van der Waals surface area contributed by atoms with Crippen molar-refractivity contribution in [2.24, 2.45) is 0 Å². The van der Waals surface area contributed by atoms with Crippen molar-refractivity contribution in [1.82, 2.24) is 4.90 Å². The Labute approximate surface area is 171 Å². The average molecular weight is 402 g/mol. The molecule has 156 valence electrons. The first-order valence-electron chi connectivity index (χ1n) is 10.5. The van der Waals surface area contributed by atoms with Gasteiger partial charge in [0.1, 0.15) is 5.75 Å². The molecular formula is C21H30N4O4+2. The standard InChI is InChI=1S/C21H28N4O4/c1-29-17-6-4-16(5-7-17)25-19(26)14-18(21(25)28)23-10-12-24(13-11-23)20(27)15-22-8-2-3-9-22/h4-7,18H,2-3,8-15H2,1H3/p+2/t18-/m0/s1. The quantitative estimate of drug-likeness (QED) is 0.545. The van der Waals surface area contributed by atoms with E-state index in [1.54, 1.807) is 31.4 Å². The van der Waals surface area contributed by atoms with E-state index >= 15 is 0 Å². The van der Waals surface area contributed by atoms with Crippen molar-refractivity contribution in [3.63, 3.8) is 0 Å². The van der Waals surface area contributed by atoms with Gasteiger partial charge in [0.15, 0.2) is 12.6 Å². The number of nitrogens with zero attached hydrogens (tertiary/aromatic N) is 2. The summed E-state index contributed by atoms with van der Waals surface area (Å²) >= 11 is 0. The van der Waals surface area contributed by atoms with Gasteiger partial charge < -0.3 is 19.4 Å². The van der Waals surface area contributed by atoms with E-state index in [2.05, 4.69) is 0 Å². The number of benzene rings is 1. The number of hydrogen-bond donors (Lipinski definition) is 2. The third-order valence-corrected chi connectivity index (χ3v) is 6.44. The molecule has 2 N–H and O–H groups in total. The molecule has 0 saturated carbocycles. The van der Waals surface area contributed by atoms with E-state index in [9.17, 15) is 14.4 Å². The average Bonchev–Trinajstić information content (AvgIpc) is 3.35. The lowest BCUT2D eigenvalue weighted by molar-refractivity contribution is -0.918. The number of rotatable bonds is 5. The van der Waals surface area contributed by atoms with Crippen molar-refractivity contribution >= 4 is 23.4 Å². The third kappa shape index (κ3) is 4.13. The van der Waals surface area contributed by atoms with Crippen LogP contribution < -0.4 is 19.4 Å². The summed E-state index contributed by atoms with van der Waals surface area (Å²) in [5.74, 6) is 0.603. The summed E-state index contributed by atoms with van der Waals surface area (Å²) < 4.78 is 5.15. The molecule has 3 saturated heterocycles. The zero-order valence-electron chi connectivity index (χ0n) is 17.0. The SMILES string of the molecule is COc1ccc(N2C(=O)C[C@H]([NH+]3CCN(C(=O)C[NH+]4CCCC4)CC3)C2=O)cc1. The van der Waals surface area contributed by atoms with E-state index in [0.717, 1.165) is 18.0 Å². The number of methoxy groups -OCH3 is 1. The molecule has 3 heterocycles. The minimum atomic E-state index is -0.355. The molecule has 0 spiro atoms. The van der Waals surface area contributed by atoms with Crippen LogP contribution in [0.3, 0.4) is 0 Å². The number of likely N-dealkylation sites (tertiary alicyclic amines) is 1. The van der Waals surface area contributed by atoms with Gasteiger partial charge in [-0.25, -0.2) is 4.90 Å². The number of ether oxygens (including phenoxy) is 1. The fourth-order valence-corrected chi connectivity index (χ4v) is 4.72. The number of hydrogen-bond acceptors (Lipinski definition) is 4. The van der Waals surface area contributed by atoms with Crippen molar-refractivity contribution in [2.75, 3.05) is 57.8 Å².